The van der Waals surface area contributed by atoms with Crippen LogP contribution in [0.4, 0.5) is 0 Å². The number of halogens is 1. The van der Waals surface area contributed by atoms with Crippen LogP contribution in [0.5, 0.6) is 17.2 Å². The molecule has 0 radical (unpaired) electrons. The molecule has 4 nitrogen and oxygen atoms in total. The van der Waals surface area contributed by atoms with Crippen molar-refractivity contribution in [3.05, 3.63) is 16.7 Å². The van der Waals surface area contributed by atoms with Crippen molar-refractivity contribution in [1.29, 1.82) is 0 Å². The van der Waals surface area contributed by atoms with Gasteiger partial charge in [0.1, 0.15) is 5.75 Å². The SMILES string of the molecule is COc1cc(O)c(CC(C)(C)N)c(Cl)c1OC. The molecule has 1 aromatic carbocycles. The zero-order chi connectivity index (χ0) is 13.2. The zero-order valence-corrected chi connectivity index (χ0v) is 11.3. The predicted molar refractivity (Wildman–Crippen MR) is 68.2 cm³/mol. The van der Waals surface area contributed by atoms with Gasteiger partial charge in [0.25, 0.3) is 0 Å². The van der Waals surface area contributed by atoms with Gasteiger partial charge in [-0.3, -0.25) is 0 Å². The van der Waals surface area contributed by atoms with Crippen molar-refractivity contribution >= 4 is 11.6 Å². The Labute approximate surface area is 106 Å². The smallest absolute Gasteiger partial charge is 0.179 e. The van der Waals surface area contributed by atoms with E-state index in [1.807, 2.05) is 13.8 Å². The second-order valence-corrected chi connectivity index (χ2v) is 4.97. The number of hydrogen-bond donors (Lipinski definition) is 2. The molecule has 17 heavy (non-hydrogen) atoms. The van der Waals surface area contributed by atoms with Gasteiger partial charge in [-0.1, -0.05) is 11.6 Å². The number of rotatable bonds is 4. The molecule has 0 atom stereocenters. The molecule has 0 bridgehead atoms. The highest BCUT2D eigenvalue weighted by molar-refractivity contribution is 6.33. The summed E-state index contributed by atoms with van der Waals surface area (Å²) in [6.07, 6.45) is 0.442. The van der Waals surface area contributed by atoms with Crippen LogP contribution in [-0.4, -0.2) is 24.9 Å². The molecule has 0 amide bonds. The van der Waals surface area contributed by atoms with Gasteiger partial charge in [-0.05, 0) is 20.3 Å². The van der Waals surface area contributed by atoms with Gasteiger partial charge in [-0.25, -0.2) is 0 Å². The molecule has 0 saturated heterocycles. The van der Waals surface area contributed by atoms with Gasteiger partial charge >= 0.3 is 0 Å². The first-order chi connectivity index (χ1) is 7.80. The molecule has 0 heterocycles. The lowest BCUT2D eigenvalue weighted by Crippen LogP contribution is -2.34. The molecule has 1 aromatic rings. The lowest BCUT2D eigenvalue weighted by Gasteiger charge is -2.21. The van der Waals surface area contributed by atoms with E-state index in [4.69, 9.17) is 26.8 Å². The van der Waals surface area contributed by atoms with Crippen LogP contribution in [0.3, 0.4) is 0 Å². The van der Waals surface area contributed by atoms with E-state index in [2.05, 4.69) is 0 Å². The minimum absolute atomic E-state index is 0.0613. The lowest BCUT2D eigenvalue weighted by atomic mass is 9.95. The van der Waals surface area contributed by atoms with E-state index in [1.165, 1.54) is 20.3 Å². The van der Waals surface area contributed by atoms with Gasteiger partial charge in [0.2, 0.25) is 0 Å². The molecule has 0 aliphatic heterocycles. The quantitative estimate of drug-likeness (QED) is 0.871. The normalized spacial score (nSPS) is 11.4. The first-order valence-corrected chi connectivity index (χ1v) is 5.59. The molecule has 0 aromatic heterocycles. The molecule has 0 spiro atoms. The summed E-state index contributed by atoms with van der Waals surface area (Å²) in [5.74, 6) is 0.867. The van der Waals surface area contributed by atoms with Gasteiger partial charge in [0.05, 0.1) is 19.2 Å². The van der Waals surface area contributed by atoms with E-state index in [9.17, 15) is 5.11 Å². The molecule has 96 valence electrons. The van der Waals surface area contributed by atoms with Crippen molar-refractivity contribution in [3.8, 4) is 17.2 Å². The number of aromatic hydroxyl groups is 1. The summed E-state index contributed by atoms with van der Waals surface area (Å²) < 4.78 is 10.3. The number of phenolic OH excluding ortho intramolecular Hbond substituents is 1. The maximum atomic E-state index is 9.91. The Morgan fingerprint density at radius 1 is 1.35 bits per heavy atom. The van der Waals surface area contributed by atoms with E-state index >= 15 is 0 Å². The first-order valence-electron chi connectivity index (χ1n) is 5.21. The summed E-state index contributed by atoms with van der Waals surface area (Å²) in [6.45, 7) is 3.72. The topological polar surface area (TPSA) is 64.7 Å². The molecule has 0 unspecified atom stereocenters. The molecule has 3 N–H and O–H groups in total. The highest BCUT2D eigenvalue weighted by Crippen LogP contribution is 2.43. The maximum absolute atomic E-state index is 9.91. The fraction of sp³-hybridized carbons (Fsp3) is 0.500. The van der Waals surface area contributed by atoms with Crippen LogP contribution in [0.25, 0.3) is 0 Å². The van der Waals surface area contributed by atoms with Gasteiger partial charge in [-0.2, -0.15) is 0 Å². The van der Waals surface area contributed by atoms with Crippen LogP contribution in [0.15, 0.2) is 6.07 Å². The van der Waals surface area contributed by atoms with Crippen LogP contribution < -0.4 is 15.2 Å². The highest BCUT2D eigenvalue weighted by atomic mass is 35.5. The Balaban J connectivity index is 3.32. The van der Waals surface area contributed by atoms with E-state index in [-0.39, 0.29) is 5.75 Å². The van der Waals surface area contributed by atoms with E-state index in [1.54, 1.807) is 0 Å². The average Bonchev–Trinajstić information content (AvgIpc) is 2.22. The number of ether oxygens (including phenoxy) is 2. The first kappa shape index (κ1) is 13.9. The molecular formula is C12H18ClNO3. The average molecular weight is 260 g/mol. The minimum atomic E-state index is -0.472. The van der Waals surface area contributed by atoms with Gasteiger partial charge in [0.15, 0.2) is 11.5 Å². The molecule has 5 heteroatoms. The van der Waals surface area contributed by atoms with Crippen molar-refractivity contribution in [2.75, 3.05) is 14.2 Å². The van der Waals surface area contributed by atoms with Crippen molar-refractivity contribution in [2.24, 2.45) is 5.73 Å². The number of hydrogen-bond acceptors (Lipinski definition) is 4. The molecular weight excluding hydrogens is 242 g/mol. The van der Waals surface area contributed by atoms with Crippen LogP contribution in [0, 0.1) is 0 Å². The fourth-order valence-electron chi connectivity index (χ4n) is 1.60. The lowest BCUT2D eigenvalue weighted by molar-refractivity contribution is 0.349. The summed E-state index contributed by atoms with van der Waals surface area (Å²) >= 11 is 6.18. The number of methoxy groups -OCH3 is 2. The number of benzene rings is 1. The standard InChI is InChI=1S/C12H18ClNO3/c1-12(2,14)6-7-8(15)5-9(16-3)11(17-4)10(7)13/h5,15H,6,14H2,1-4H3. The van der Waals surface area contributed by atoms with Crippen molar-refractivity contribution < 1.29 is 14.6 Å². The largest absolute Gasteiger partial charge is 0.507 e. The van der Waals surface area contributed by atoms with Crippen LogP contribution in [0.2, 0.25) is 5.02 Å². The maximum Gasteiger partial charge on any atom is 0.179 e. The third-order valence-electron chi connectivity index (χ3n) is 2.32. The van der Waals surface area contributed by atoms with Crippen molar-refractivity contribution in [3.63, 3.8) is 0 Å². The van der Waals surface area contributed by atoms with Crippen molar-refractivity contribution in [2.45, 2.75) is 25.8 Å². The molecule has 0 aliphatic carbocycles. The number of phenols is 1. The Kier molecular flexibility index (Phi) is 4.11. The third-order valence-corrected chi connectivity index (χ3v) is 2.72. The van der Waals surface area contributed by atoms with Gasteiger partial charge in [0, 0.05) is 17.2 Å². The minimum Gasteiger partial charge on any atom is -0.507 e. The summed E-state index contributed by atoms with van der Waals surface area (Å²) in [5, 5.41) is 10.2. The monoisotopic (exact) mass is 259 g/mol. The van der Waals surface area contributed by atoms with Crippen molar-refractivity contribution in [1.82, 2.24) is 0 Å². The summed E-state index contributed by atoms with van der Waals surface area (Å²) in [4.78, 5) is 0. The molecule has 0 saturated carbocycles. The highest BCUT2D eigenvalue weighted by Gasteiger charge is 2.22. The van der Waals surface area contributed by atoms with Crippen LogP contribution >= 0.6 is 11.6 Å². The predicted octanol–water partition coefficient (Wildman–Crippen LogP) is 2.34. The Morgan fingerprint density at radius 3 is 2.35 bits per heavy atom. The van der Waals surface area contributed by atoms with E-state index < -0.39 is 5.54 Å². The Morgan fingerprint density at radius 2 is 1.94 bits per heavy atom. The van der Waals surface area contributed by atoms with E-state index in [0.29, 0.717) is 28.5 Å². The van der Waals surface area contributed by atoms with Crippen LogP contribution in [0.1, 0.15) is 19.4 Å². The van der Waals surface area contributed by atoms with Crippen LogP contribution in [-0.2, 0) is 6.42 Å². The summed E-state index contributed by atoms with van der Waals surface area (Å²) in [5.41, 5.74) is 6.02. The fourth-order valence-corrected chi connectivity index (χ4v) is 1.93. The third kappa shape index (κ3) is 3.17. The Hall–Kier alpha value is -1.13. The zero-order valence-electron chi connectivity index (χ0n) is 10.5. The molecule has 0 fully saturated rings. The molecule has 1 rings (SSSR count). The Bertz CT molecular complexity index is 413. The van der Waals surface area contributed by atoms with Gasteiger partial charge < -0.3 is 20.3 Å². The number of nitrogens with two attached hydrogens (primary N) is 1. The van der Waals surface area contributed by atoms with Gasteiger partial charge in [-0.15, -0.1) is 0 Å². The second-order valence-electron chi connectivity index (χ2n) is 4.59. The molecule has 0 aliphatic rings. The second kappa shape index (κ2) is 5.02. The van der Waals surface area contributed by atoms with E-state index in [0.717, 1.165) is 0 Å². The summed E-state index contributed by atoms with van der Waals surface area (Å²) in [7, 11) is 2.98. The summed E-state index contributed by atoms with van der Waals surface area (Å²) in [6, 6.07) is 1.48.